The van der Waals surface area contributed by atoms with E-state index in [1.807, 2.05) is 18.2 Å². The Morgan fingerprint density at radius 2 is 1.92 bits per heavy atom. The van der Waals surface area contributed by atoms with Gasteiger partial charge in [0.2, 0.25) is 10.0 Å². The third-order valence-electron chi connectivity index (χ3n) is 4.74. The topological polar surface area (TPSA) is 59.5 Å². The van der Waals surface area contributed by atoms with Crippen molar-refractivity contribution in [3.8, 4) is 5.75 Å². The Labute approximate surface area is 157 Å². The van der Waals surface area contributed by atoms with E-state index >= 15 is 0 Å². The highest BCUT2D eigenvalue weighted by molar-refractivity contribution is 7.89. The van der Waals surface area contributed by atoms with Crippen molar-refractivity contribution >= 4 is 31.6 Å². The standard InChI is InChI=1S/C19H20N2O3S2/c1-24-15-8-10-16(11-9-15)26(22,23)21-12-4-5-14(13-21)19-20-17-6-2-3-7-18(17)25-19/h2-3,6-11,14H,4-5,12-13H2,1H3. The molecule has 0 spiro atoms. The Bertz CT molecular complexity index is 980. The van der Waals surface area contributed by atoms with Crippen molar-refractivity contribution < 1.29 is 13.2 Å². The summed E-state index contributed by atoms with van der Waals surface area (Å²) < 4.78 is 33.9. The number of benzene rings is 2. The summed E-state index contributed by atoms with van der Waals surface area (Å²) in [4.78, 5) is 5.04. The minimum Gasteiger partial charge on any atom is -0.497 e. The molecule has 0 aliphatic carbocycles. The average molecular weight is 389 g/mol. The van der Waals surface area contributed by atoms with Crippen molar-refractivity contribution in [1.82, 2.24) is 9.29 Å². The summed E-state index contributed by atoms with van der Waals surface area (Å²) in [5.41, 5.74) is 0.989. The van der Waals surface area contributed by atoms with E-state index in [0.717, 1.165) is 28.1 Å². The number of rotatable bonds is 4. The largest absolute Gasteiger partial charge is 0.497 e. The van der Waals surface area contributed by atoms with Gasteiger partial charge in [0, 0.05) is 19.0 Å². The zero-order valence-electron chi connectivity index (χ0n) is 14.5. The predicted molar refractivity (Wildman–Crippen MR) is 103 cm³/mol. The normalized spacial score (nSPS) is 18.9. The lowest BCUT2D eigenvalue weighted by atomic mass is 10.0. The summed E-state index contributed by atoms with van der Waals surface area (Å²) in [5.74, 6) is 0.795. The number of piperidine rings is 1. The molecule has 0 bridgehead atoms. The highest BCUT2D eigenvalue weighted by Gasteiger charge is 2.32. The quantitative estimate of drug-likeness (QED) is 0.681. The van der Waals surface area contributed by atoms with Gasteiger partial charge in [0.05, 0.1) is 27.2 Å². The second kappa shape index (κ2) is 6.98. The number of hydrogen-bond donors (Lipinski definition) is 0. The monoisotopic (exact) mass is 388 g/mol. The first kappa shape index (κ1) is 17.5. The lowest BCUT2D eigenvalue weighted by Crippen LogP contribution is -2.39. The van der Waals surface area contributed by atoms with Crippen LogP contribution in [0.25, 0.3) is 10.2 Å². The fraction of sp³-hybridized carbons (Fsp3) is 0.316. The van der Waals surface area contributed by atoms with E-state index in [0.29, 0.717) is 23.7 Å². The van der Waals surface area contributed by atoms with Gasteiger partial charge in [0.15, 0.2) is 0 Å². The molecule has 0 saturated carbocycles. The summed E-state index contributed by atoms with van der Waals surface area (Å²) in [6.07, 6.45) is 1.81. The maximum atomic E-state index is 13.0. The second-order valence-corrected chi connectivity index (χ2v) is 9.40. The highest BCUT2D eigenvalue weighted by atomic mass is 32.2. The van der Waals surface area contributed by atoms with Crippen LogP contribution in [0.2, 0.25) is 0 Å². The Morgan fingerprint density at radius 3 is 2.65 bits per heavy atom. The Balaban J connectivity index is 1.59. The van der Waals surface area contributed by atoms with Gasteiger partial charge >= 0.3 is 0 Å². The molecule has 0 amide bonds. The van der Waals surface area contributed by atoms with E-state index in [4.69, 9.17) is 9.72 Å². The number of ether oxygens (including phenoxy) is 1. The summed E-state index contributed by atoms with van der Waals surface area (Å²) >= 11 is 1.67. The average Bonchev–Trinajstić information content (AvgIpc) is 3.12. The molecule has 4 rings (SSSR count). The number of sulfonamides is 1. The molecule has 1 unspecified atom stereocenters. The molecule has 0 N–H and O–H groups in total. The second-order valence-electron chi connectivity index (χ2n) is 6.40. The lowest BCUT2D eigenvalue weighted by Gasteiger charge is -2.31. The van der Waals surface area contributed by atoms with Crippen molar-refractivity contribution in [1.29, 1.82) is 0 Å². The van der Waals surface area contributed by atoms with E-state index < -0.39 is 10.0 Å². The molecular formula is C19H20N2O3S2. The van der Waals surface area contributed by atoms with Crippen LogP contribution in [0, 0.1) is 0 Å². The summed E-state index contributed by atoms with van der Waals surface area (Å²) in [6, 6.07) is 14.6. The molecule has 0 radical (unpaired) electrons. The van der Waals surface area contributed by atoms with E-state index in [1.54, 1.807) is 47.0 Å². The molecule has 1 aliphatic rings. The number of fused-ring (bicyclic) bond motifs is 1. The van der Waals surface area contributed by atoms with Gasteiger partial charge in [-0.05, 0) is 49.2 Å². The number of thiazole rings is 1. The zero-order valence-corrected chi connectivity index (χ0v) is 16.1. The van der Waals surface area contributed by atoms with Gasteiger partial charge in [-0.1, -0.05) is 12.1 Å². The van der Waals surface area contributed by atoms with Gasteiger partial charge in [-0.15, -0.1) is 11.3 Å². The first-order chi connectivity index (χ1) is 12.6. The molecule has 7 heteroatoms. The smallest absolute Gasteiger partial charge is 0.243 e. The van der Waals surface area contributed by atoms with Crippen LogP contribution < -0.4 is 4.74 Å². The highest BCUT2D eigenvalue weighted by Crippen LogP contribution is 2.34. The van der Waals surface area contributed by atoms with Crippen LogP contribution in [0.4, 0.5) is 0 Å². The van der Waals surface area contributed by atoms with Crippen LogP contribution >= 0.6 is 11.3 Å². The van der Waals surface area contributed by atoms with Crippen molar-refractivity contribution in [2.24, 2.45) is 0 Å². The van der Waals surface area contributed by atoms with Gasteiger partial charge in [0.25, 0.3) is 0 Å². The fourth-order valence-electron chi connectivity index (χ4n) is 3.32. The van der Waals surface area contributed by atoms with Crippen molar-refractivity contribution in [2.45, 2.75) is 23.7 Å². The van der Waals surface area contributed by atoms with Gasteiger partial charge in [-0.2, -0.15) is 4.31 Å². The van der Waals surface area contributed by atoms with Crippen LogP contribution in [-0.2, 0) is 10.0 Å². The van der Waals surface area contributed by atoms with Crippen LogP contribution in [0.5, 0.6) is 5.75 Å². The Morgan fingerprint density at radius 1 is 1.15 bits per heavy atom. The van der Waals surface area contributed by atoms with Crippen molar-refractivity contribution in [2.75, 3.05) is 20.2 Å². The van der Waals surface area contributed by atoms with Crippen LogP contribution in [0.15, 0.2) is 53.4 Å². The molecule has 1 saturated heterocycles. The van der Waals surface area contributed by atoms with E-state index in [2.05, 4.69) is 6.07 Å². The molecule has 1 fully saturated rings. The molecule has 26 heavy (non-hydrogen) atoms. The number of aromatic nitrogens is 1. The SMILES string of the molecule is COc1ccc(S(=O)(=O)N2CCCC(c3nc4ccccc4s3)C2)cc1. The number of hydrogen-bond acceptors (Lipinski definition) is 5. The zero-order chi connectivity index (χ0) is 18.1. The summed E-state index contributed by atoms with van der Waals surface area (Å²) in [6.45, 7) is 1.03. The minimum absolute atomic E-state index is 0.147. The van der Waals surface area contributed by atoms with E-state index in [1.165, 1.54) is 0 Å². The first-order valence-electron chi connectivity index (χ1n) is 8.57. The Kier molecular flexibility index (Phi) is 4.69. The van der Waals surface area contributed by atoms with Crippen LogP contribution in [0.1, 0.15) is 23.8 Å². The van der Waals surface area contributed by atoms with E-state index in [9.17, 15) is 8.42 Å². The lowest BCUT2D eigenvalue weighted by molar-refractivity contribution is 0.315. The molecule has 3 aromatic rings. The molecule has 1 atom stereocenters. The van der Waals surface area contributed by atoms with Gasteiger partial charge in [-0.3, -0.25) is 0 Å². The van der Waals surface area contributed by atoms with Gasteiger partial charge in [-0.25, -0.2) is 13.4 Å². The van der Waals surface area contributed by atoms with Crippen LogP contribution in [0.3, 0.4) is 0 Å². The fourth-order valence-corrected chi connectivity index (χ4v) is 5.94. The van der Waals surface area contributed by atoms with Gasteiger partial charge in [0.1, 0.15) is 5.75 Å². The van der Waals surface area contributed by atoms with E-state index in [-0.39, 0.29) is 5.92 Å². The maximum absolute atomic E-state index is 13.0. The molecular weight excluding hydrogens is 368 g/mol. The minimum atomic E-state index is -3.50. The summed E-state index contributed by atoms with van der Waals surface area (Å²) in [7, 11) is -1.94. The predicted octanol–water partition coefficient (Wildman–Crippen LogP) is 3.87. The molecule has 136 valence electrons. The molecule has 2 aromatic carbocycles. The molecule has 2 heterocycles. The van der Waals surface area contributed by atoms with Crippen molar-refractivity contribution in [3.05, 3.63) is 53.5 Å². The number of methoxy groups -OCH3 is 1. The molecule has 1 aliphatic heterocycles. The number of para-hydroxylation sites is 1. The Hall–Kier alpha value is -1.96. The summed E-state index contributed by atoms with van der Waals surface area (Å²) in [5, 5.41) is 1.03. The van der Waals surface area contributed by atoms with Crippen LogP contribution in [-0.4, -0.2) is 37.9 Å². The molecule has 1 aromatic heterocycles. The third kappa shape index (κ3) is 3.22. The third-order valence-corrected chi connectivity index (χ3v) is 7.82. The first-order valence-corrected chi connectivity index (χ1v) is 10.8. The van der Waals surface area contributed by atoms with Crippen molar-refractivity contribution in [3.63, 3.8) is 0 Å². The maximum Gasteiger partial charge on any atom is 0.243 e. The molecule has 5 nitrogen and oxygen atoms in total. The van der Waals surface area contributed by atoms with Gasteiger partial charge < -0.3 is 4.74 Å². The number of nitrogens with zero attached hydrogens (tertiary/aromatic N) is 2.